The van der Waals surface area contributed by atoms with Gasteiger partial charge in [0.1, 0.15) is 12.4 Å². The van der Waals surface area contributed by atoms with E-state index in [-0.39, 0.29) is 12.4 Å². The predicted octanol–water partition coefficient (Wildman–Crippen LogP) is 1.32. The average Bonchev–Trinajstić information content (AvgIpc) is 2.15. The molecule has 3 nitrogen and oxygen atoms in total. The molecule has 0 radical (unpaired) electrons. The molecular weight excluding hydrogens is 188 g/mol. The van der Waals surface area contributed by atoms with Crippen molar-refractivity contribution in [1.82, 2.24) is 0 Å². The first kappa shape index (κ1) is 11.8. The maximum Gasteiger partial charge on any atom is 0.119 e. The summed E-state index contributed by atoms with van der Waals surface area (Å²) in [4.78, 5) is 0. The number of nitrogens with two attached hydrogens (primary N) is 1. The third-order valence-electron chi connectivity index (χ3n) is 1.37. The Bertz CT molecular complexity index is 279. The van der Waals surface area contributed by atoms with E-state index in [1.165, 1.54) is 0 Å². The maximum absolute atomic E-state index is 8.49. The van der Waals surface area contributed by atoms with Gasteiger partial charge in [-0.05, 0) is 24.3 Å². The largest absolute Gasteiger partial charge is 0.492 e. The van der Waals surface area contributed by atoms with Crippen LogP contribution in [0.4, 0.5) is 0 Å². The number of hydrogen-bond donors (Lipinski definition) is 1. The third-order valence-corrected chi connectivity index (χ3v) is 1.37. The van der Waals surface area contributed by atoms with Crippen molar-refractivity contribution in [2.45, 2.75) is 0 Å². The second-order valence-electron chi connectivity index (χ2n) is 2.27. The Morgan fingerprint density at radius 2 is 1.92 bits per heavy atom. The molecule has 0 saturated carbocycles. The lowest BCUT2D eigenvalue weighted by Crippen LogP contribution is -2.10. The van der Waals surface area contributed by atoms with Crippen molar-refractivity contribution in [3.63, 3.8) is 0 Å². The normalized spacial score (nSPS) is 8.31. The minimum absolute atomic E-state index is 0. The molecule has 70 valence electrons. The lowest BCUT2D eigenvalue weighted by atomic mass is 10.2. The number of nitrogens with zero attached hydrogens (tertiary/aromatic N) is 1. The van der Waals surface area contributed by atoms with Gasteiger partial charge in [-0.3, -0.25) is 0 Å². The molecule has 0 aliphatic carbocycles. The molecule has 4 heteroatoms. The van der Waals surface area contributed by atoms with E-state index < -0.39 is 0 Å². The summed E-state index contributed by atoms with van der Waals surface area (Å²) in [6.07, 6.45) is 0. The molecule has 0 unspecified atom stereocenters. The SMILES string of the molecule is Cl.N#Cc1ccc(OCCN)cc1. The number of halogens is 1. The highest BCUT2D eigenvalue weighted by Gasteiger charge is 1.92. The van der Waals surface area contributed by atoms with Crippen LogP contribution in [0.25, 0.3) is 0 Å². The molecule has 1 rings (SSSR count). The fourth-order valence-corrected chi connectivity index (χ4v) is 0.802. The van der Waals surface area contributed by atoms with Crippen LogP contribution in [0.2, 0.25) is 0 Å². The Labute approximate surface area is 83.5 Å². The molecule has 0 heterocycles. The zero-order valence-electron chi connectivity index (χ0n) is 7.06. The highest BCUT2D eigenvalue weighted by atomic mass is 35.5. The highest BCUT2D eigenvalue weighted by Crippen LogP contribution is 2.10. The second kappa shape index (κ2) is 6.30. The molecule has 1 aromatic carbocycles. The Kier molecular flexibility index (Phi) is 5.69. The van der Waals surface area contributed by atoms with E-state index in [1.807, 2.05) is 6.07 Å². The number of ether oxygens (including phenoxy) is 1. The van der Waals surface area contributed by atoms with Crippen molar-refractivity contribution in [3.8, 4) is 11.8 Å². The summed E-state index contributed by atoms with van der Waals surface area (Å²) in [5.41, 5.74) is 5.89. The fourth-order valence-electron chi connectivity index (χ4n) is 0.802. The zero-order valence-corrected chi connectivity index (χ0v) is 7.88. The Balaban J connectivity index is 0.00000144. The van der Waals surface area contributed by atoms with Crippen LogP contribution in [0.15, 0.2) is 24.3 Å². The fraction of sp³-hybridized carbons (Fsp3) is 0.222. The standard InChI is InChI=1S/C9H10N2O.ClH/c10-5-6-12-9-3-1-8(7-11)2-4-9;/h1-4H,5-6,10H2;1H. The average molecular weight is 199 g/mol. The lowest BCUT2D eigenvalue weighted by molar-refractivity contribution is 0.328. The molecule has 0 aliphatic heterocycles. The summed E-state index contributed by atoms with van der Waals surface area (Å²) < 4.78 is 5.22. The van der Waals surface area contributed by atoms with Gasteiger partial charge in [-0.1, -0.05) is 0 Å². The molecule has 2 N–H and O–H groups in total. The van der Waals surface area contributed by atoms with Crippen molar-refractivity contribution in [1.29, 1.82) is 5.26 Å². The number of rotatable bonds is 3. The van der Waals surface area contributed by atoms with Gasteiger partial charge in [0, 0.05) is 6.54 Å². The minimum atomic E-state index is 0. The highest BCUT2D eigenvalue weighted by molar-refractivity contribution is 5.85. The van der Waals surface area contributed by atoms with E-state index in [0.717, 1.165) is 5.75 Å². The molecule has 0 atom stereocenters. The van der Waals surface area contributed by atoms with E-state index in [0.29, 0.717) is 18.7 Å². The van der Waals surface area contributed by atoms with Crippen LogP contribution in [-0.4, -0.2) is 13.2 Å². The van der Waals surface area contributed by atoms with Crippen LogP contribution >= 0.6 is 12.4 Å². The molecule has 0 aromatic heterocycles. The summed E-state index contributed by atoms with van der Waals surface area (Å²) in [6.45, 7) is 1.01. The van der Waals surface area contributed by atoms with Crippen LogP contribution < -0.4 is 10.5 Å². The lowest BCUT2D eigenvalue weighted by Gasteiger charge is -2.02. The quantitative estimate of drug-likeness (QED) is 0.797. The van der Waals surface area contributed by atoms with Crippen molar-refractivity contribution in [2.24, 2.45) is 5.73 Å². The molecule has 0 aliphatic rings. The predicted molar refractivity (Wildman–Crippen MR) is 53.0 cm³/mol. The molecule has 0 fully saturated rings. The van der Waals surface area contributed by atoms with E-state index in [2.05, 4.69) is 0 Å². The van der Waals surface area contributed by atoms with Crippen LogP contribution in [0.5, 0.6) is 5.75 Å². The van der Waals surface area contributed by atoms with Crippen LogP contribution in [0.1, 0.15) is 5.56 Å². The van der Waals surface area contributed by atoms with Crippen LogP contribution in [-0.2, 0) is 0 Å². The topological polar surface area (TPSA) is 59.0 Å². The minimum Gasteiger partial charge on any atom is -0.492 e. The van der Waals surface area contributed by atoms with E-state index >= 15 is 0 Å². The molecule has 1 aromatic rings. The summed E-state index contributed by atoms with van der Waals surface area (Å²) in [5, 5.41) is 8.49. The van der Waals surface area contributed by atoms with Gasteiger partial charge in [-0.15, -0.1) is 12.4 Å². The van der Waals surface area contributed by atoms with Crippen molar-refractivity contribution in [2.75, 3.05) is 13.2 Å². The zero-order chi connectivity index (χ0) is 8.81. The summed E-state index contributed by atoms with van der Waals surface area (Å²) in [5.74, 6) is 0.749. The monoisotopic (exact) mass is 198 g/mol. The van der Waals surface area contributed by atoms with E-state index in [4.69, 9.17) is 15.7 Å². The van der Waals surface area contributed by atoms with Crippen molar-refractivity contribution in [3.05, 3.63) is 29.8 Å². The van der Waals surface area contributed by atoms with Crippen molar-refractivity contribution >= 4 is 12.4 Å². The van der Waals surface area contributed by atoms with E-state index in [9.17, 15) is 0 Å². The first-order chi connectivity index (χ1) is 5.86. The molecule has 0 bridgehead atoms. The number of hydrogen-bond acceptors (Lipinski definition) is 3. The van der Waals surface area contributed by atoms with Gasteiger partial charge >= 0.3 is 0 Å². The van der Waals surface area contributed by atoms with Gasteiger partial charge in [0.2, 0.25) is 0 Å². The molecule has 0 saturated heterocycles. The van der Waals surface area contributed by atoms with Gasteiger partial charge in [0.05, 0.1) is 11.6 Å². The van der Waals surface area contributed by atoms with Gasteiger partial charge in [0.15, 0.2) is 0 Å². The smallest absolute Gasteiger partial charge is 0.119 e. The molecule has 0 spiro atoms. The number of benzene rings is 1. The van der Waals surface area contributed by atoms with E-state index in [1.54, 1.807) is 24.3 Å². The van der Waals surface area contributed by atoms with Gasteiger partial charge in [-0.2, -0.15) is 5.26 Å². The Morgan fingerprint density at radius 3 is 2.38 bits per heavy atom. The molecular formula is C9H11ClN2O. The first-order valence-electron chi connectivity index (χ1n) is 3.70. The third kappa shape index (κ3) is 3.79. The summed E-state index contributed by atoms with van der Waals surface area (Å²) in [6, 6.07) is 8.97. The first-order valence-corrected chi connectivity index (χ1v) is 3.70. The maximum atomic E-state index is 8.49. The van der Waals surface area contributed by atoms with Gasteiger partial charge < -0.3 is 10.5 Å². The van der Waals surface area contributed by atoms with Crippen LogP contribution in [0.3, 0.4) is 0 Å². The summed E-state index contributed by atoms with van der Waals surface area (Å²) >= 11 is 0. The van der Waals surface area contributed by atoms with Crippen LogP contribution in [0, 0.1) is 11.3 Å². The summed E-state index contributed by atoms with van der Waals surface area (Å²) in [7, 11) is 0. The molecule has 13 heavy (non-hydrogen) atoms. The Morgan fingerprint density at radius 1 is 1.31 bits per heavy atom. The number of nitriles is 1. The second-order valence-corrected chi connectivity index (χ2v) is 2.27. The van der Waals surface area contributed by atoms with Gasteiger partial charge in [0.25, 0.3) is 0 Å². The van der Waals surface area contributed by atoms with Crippen molar-refractivity contribution < 1.29 is 4.74 Å². The Hall–Kier alpha value is -1.24. The molecule has 0 amide bonds. The van der Waals surface area contributed by atoms with Gasteiger partial charge in [-0.25, -0.2) is 0 Å².